The molecule has 6 heteroatoms. The lowest BCUT2D eigenvalue weighted by molar-refractivity contribution is 0.227. The van der Waals surface area contributed by atoms with Crippen LogP contribution in [-0.2, 0) is 10.0 Å². The van der Waals surface area contributed by atoms with Crippen molar-refractivity contribution in [3.63, 3.8) is 0 Å². The van der Waals surface area contributed by atoms with Crippen molar-refractivity contribution in [2.75, 3.05) is 6.61 Å². The Morgan fingerprint density at radius 3 is 2.47 bits per heavy atom. The van der Waals surface area contributed by atoms with E-state index in [1.807, 2.05) is 19.9 Å². The number of nitrogens with one attached hydrogen (secondary N) is 1. The van der Waals surface area contributed by atoms with Crippen LogP contribution < -0.4 is 4.72 Å². The largest absolute Gasteiger partial charge is 0.395 e. The van der Waals surface area contributed by atoms with Gasteiger partial charge in [-0.2, -0.15) is 5.26 Å². The van der Waals surface area contributed by atoms with Gasteiger partial charge in [-0.1, -0.05) is 13.8 Å². The van der Waals surface area contributed by atoms with Crippen molar-refractivity contribution in [2.24, 2.45) is 5.92 Å². The third kappa shape index (κ3) is 3.77. The fourth-order valence-corrected chi connectivity index (χ4v) is 3.27. The van der Waals surface area contributed by atoms with Gasteiger partial charge < -0.3 is 5.11 Å². The first-order chi connectivity index (χ1) is 8.81. The summed E-state index contributed by atoms with van der Waals surface area (Å²) in [5.74, 6) is -0.0153. The van der Waals surface area contributed by atoms with E-state index in [0.717, 1.165) is 0 Å². The zero-order chi connectivity index (χ0) is 14.6. The maximum atomic E-state index is 12.2. The normalized spacial score (nSPS) is 13.3. The zero-order valence-corrected chi connectivity index (χ0v) is 12.0. The molecule has 104 valence electrons. The molecular formula is C13H18N2O3S. The molecule has 0 spiro atoms. The average Bonchev–Trinajstić information content (AvgIpc) is 2.35. The first-order valence-electron chi connectivity index (χ1n) is 5.95. The summed E-state index contributed by atoms with van der Waals surface area (Å²) in [5.41, 5.74) is 0.922. The van der Waals surface area contributed by atoms with Crippen LogP contribution in [0.4, 0.5) is 0 Å². The fraction of sp³-hybridized carbons (Fsp3) is 0.462. The molecule has 0 bridgehead atoms. The van der Waals surface area contributed by atoms with Gasteiger partial charge in [-0.15, -0.1) is 0 Å². The molecule has 2 N–H and O–H groups in total. The van der Waals surface area contributed by atoms with Crippen LogP contribution in [0.2, 0.25) is 0 Å². The highest BCUT2D eigenvalue weighted by Crippen LogP contribution is 2.17. The Labute approximate surface area is 113 Å². The fourth-order valence-electron chi connectivity index (χ4n) is 1.67. The van der Waals surface area contributed by atoms with E-state index in [1.54, 1.807) is 6.92 Å². The summed E-state index contributed by atoms with van der Waals surface area (Å²) in [7, 11) is -3.69. The van der Waals surface area contributed by atoms with Crippen molar-refractivity contribution in [3.8, 4) is 6.07 Å². The first-order valence-corrected chi connectivity index (χ1v) is 7.44. The van der Waals surface area contributed by atoms with Crippen LogP contribution in [0.3, 0.4) is 0 Å². The minimum absolute atomic E-state index is 0.0153. The molecule has 0 amide bonds. The third-order valence-corrected chi connectivity index (χ3v) is 4.55. The summed E-state index contributed by atoms with van der Waals surface area (Å²) < 4.78 is 26.9. The summed E-state index contributed by atoms with van der Waals surface area (Å²) in [6.07, 6.45) is 0. The molecular weight excluding hydrogens is 264 g/mol. The molecule has 0 aliphatic heterocycles. The van der Waals surface area contributed by atoms with Crippen LogP contribution in [0, 0.1) is 24.2 Å². The molecule has 0 aromatic heterocycles. The van der Waals surface area contributed by atoms with Crippen molar-refractivity contribution < 1.29 is 13.5 Å². The molecule has 1 atom stereocenters. The highest BCUT2D eigenvalue weighted by atomic mass is 32.2. The first kappa shape index (κ1) is 15.6. The number of benzene rings is 1. The lowest BCUT2D eigenvalue weighted by atomic mass is 10.1. The van der Waals surface area contributed by atoms with E-state index < -0.39 is 16.1 Å². The van der Waals surface area contributed by atoms with E-state index in [9.17, 15) is 13.5 Å². The summed E-state index contributed by atoms with van der Waals surface area (Å²) in [5, 5.41) is 18.0. The Balaban J connectivity index is 3.11. The predicted octanol–water partition coefficient (Wildman–Crippen LogP) is 1.16. The smallest absolute Gasteiger partial charge is 0.241 e. The maximum absolute atomic E-state index is 12.2. The number of hydrogen-bond acceptors (Lipinski definition) is 4. The van der Waals surface area contributed by atoms with E-state index in [1.165, 1.54) is 18.2 Å². The van der Waals surface area contributed by atoms with Gasteiger partial charge in [0.15, 0.2) is 0 Å². The standard InChI is InChI=1S/C13H18N2O3S/c1-9(2)12(8-16)15-19(17,18)13-5-4-11(7-14)6-10(13)3/h4-6,9,12,15-16H,8H2,1-3H3. The van der Waals surface area contributed by atoms with Gasteiger partial charge in [-0.3, -0.25) is 0 Å². The van der Waals surface area contributed by atoms with Gasteiger partial charge in [-0.05, 0) is 36.6 Å². The number of aryl methyl sites for hydroxylation is 1. The Hall–Kier alpha value is -1.42. The summed E-state index contributed by atoms with van der Waals surface area (Å²) in [4.78, 5) is 0.130. The molecule has 0 fully saturated rings. The average molecular weight is 282 g/mol. The van der Waals surface area contributed by atoms with Crippen molar-refractivity contribution in [1.29, 1.82) is 5.26 Å². The minimum Gasteiger partial charge on any atom is -0.395 e. The molecule has 1 aromatic carbocycles. The van der Waals surface area contributed by atoms with Gasteiger partial charge in [-0.25, -0.2) is 13.1 Å². The number of nitriles is 1. The van der Waals surface area contributed by atoms with Crippen molar-refractivity contribution in [3.05, 3.63) is 29.3 Å². The van der Waals surface area contributed by atoms with E-state index in [-0.39, 0.29) is 17.4 Å². The summed E-state index contributed by atoms with van der Waals surface area (Å²) in [6.45, 7) is 5.04. The monoisotopic (exact) mass is 282 g/mol. The van der Waals surface area contributed by atoms with Gasteiger partial charge >= 0.3 is 0 Å². The van der Waals surface area contributed by atoms with E-state index in [4.69, 9.17) is 5.26 Å². The predicted molar refractivity (Wildman–Crippen MR) is 71.9 cm³/mol. The molecule has 0 aliphatic carbocycles. The molecule has 5 nitrogen and oxygen atoms in total. The van der Waals surface area contributed by atoms with Gasteiger partial charge in [0, 0.05) is 6.04 Å². The molecule has 0 saturated heterocycles. The van der Waals surface area contributed by atoms with E-state index >= 15 is 0 Å². The molecule has 1 unspecified atom stereocenters. The van der Waals surface area contributed by atoms with Gasteiger partial charge in [0.1, 0.15) is 0 Å². The molecule has 0 radical (unpaired) electrons. The van der Waals surface area contributed by atoms with Crippen LogP contribution in [-0.4, -0.2) is 26.2 Å². The number of hydrogen-bond donors (Lipinski definition) is 2. The second-order valence-corrected chi connectivity index (χ2v) is 6.43. The number of aliphatic hydroxyl groups excluding tert-OH is 1. The zero-order valence-electron chi connectivity index (χ0n) is 11.2. The van der Waals surface area contributed by atoms with Crippen molar-refractivity contribution in [1.82, 2.24) is 4.72 Å². The second kappa shape index (κ2) is 6.15. The van der Waals surface area contributed by atoms with Crippen LogP contribution in [0.1, 0.15) is 25.0 Å². The summed E-state index contributed by atoms with van der Waals surface area (Å²) >= 11 is 0. The number of sulfonamides is 1. The van der Waals surface area contributed by atoms with Crippen LogP contribution >= 0.6 is 0 Å². The van der Waals surface area contributed by atoms with Crippen LogP contribution in [0.25, 0.3) is 0 Å². The van der Waals surface area contributed by atoms with Crippen molar-refractivity contribution in [2.45, 2.75) is 31.7 Å². The topological polar surface area (TPSA) is 90.2 Å². The van der Waals surface area contributed by atoms with Gasteiger partial charge in [0.2, 0.25) is 10.0 Å². The number of aliphatic hydroxyl groups is 1. The van der Waals surface area contributed by atoms with Gasteiger partial charge in [0.05, 0.1) is 23.1 Å². The highest BCUT2D eigenvalue weighted by Gasteiger charge is 2.23. The second-order valence-electron chi connectivity index (χ2n) is 4.75. The van der Waals surface area contributed by atoms with E-state index in [0.29, 0.717) is 11.1 Å². The molecule has 0 heterocycles. The highest BCUT2D eigenvalue weighted by molar-refractivity contribution is 7.89. The summed E-state index contributed by atoms with van der Waals surface area (Å²) in [6, 6.07) is 5.83. The van der Waals surface area contributed by atoms with E-state index in [2.05, 4.69) is 4.72 Å². The Bertz CT molecular complexity index is 588. The minimum atomic E-state index is -3.69. The maximum Gasteiger partial charge on any atom is 0.241 e. The molecule has 1 rings (SSSR count). The Morgan fingerprint density at radius 1 is 1.42 bits per heavy atom. The van der Waals surface area contributed by atoms with Crippen molar-refractivity contribution >= 4 is 10.0 Å². The Morgan fingerprint density at radius 2 is 2.05 bits per heavy atom. The Kier molecular flexibility index (Phi) is 5.06. The lowest BCUT2D eigenvalue weighted by Crippen LogP contribution is -2.41. The molecule has 1 aromatic rings. The lowest BCUT2D eigenvalue weighted by Gasteiger charge is -2.20. The SMILES string of the molecule is Cc1cc(C#N)ccc1S(=O)(=O)NC(CO)C(C)C. The number of nitrogens with zero attached hydrogens (tertiary/aromatic N) is 1. The van der Waals surface area contributed by atoms with Crippen LogP contribution in [0.15, 0.2) is 23.1 Å². The molecule has 0 saturated carbocycles. The third-order valence-electron chi connectivity index (χ3n) is 2.90. The van der Waals surface area contributed by atoms with Crippen LogP contribution in [0.5, 0.6) is 0 Å². The number of rotatable bonds is 5. The quantitative estimate of drug-likeness (QED) is 0.848. The molecule has 0 aliphatic rings. The molecule has 19 heavy (non-hydrogen) atoms. The van der Waals surface area contributed by atoms with Gasteiger partial charge in [0.25, 0.3) is 0 Å².